The van der Waals surface area contributed by atoms with Crippen LogP contribution in [0.25, 0.3) is 0 Å². The number of halogens is 1. The molecule has 0 spiro atoms. The Morgan fingerprint density at radius 1 is 1.45 bits per heavy atom. The van der Waals surface area contributed by atoms with E-state index in [-0.39, 0.29) is 0 Å². The predicted molar refractivity (Wildman–Crippen MR) is 86.1 cm³/mol. The monoisotopic (exact) mass is 339 g/mol. The maximum atomic E-state index is 11.2. The topological polar surface area (TPSA) is 58.4 Å². The summed E-state index contributed by atoms with van der Waals surface area (Å²) in [5, 5.41) is 3.40. The van der Waals surface area contributed by atoms with E-state index < -0.39 is 5.91 Å². The number of anilines is 1. The second-order valence-electron chi connectivity index (χ2n) is 5.26. The third-order valence-corrected chi connectivity index (χ3v) is 4.53. The Morgan fingerprint density at radius 2 is 2.15 bits per heavy atom. The summed E-state index contributed by atoms with van der Waals surface area (Å²) in [6.45, 7) is 6.41. The summed E-state index contributed by atoms with van der Waals surface area (Å²) in [5.41, 5.74) is 6.99. The molecule has 5 heteroatoms. The van der Waals surface area contributed by atoms with E-state index in [0.29, 0.717) is 5.56 Å². The first-order valence-corrected chi connectivity index (χ1v) is 7.96. The van der Waals surface area contributed by atoms with Crippen molar-refractivity contribution in [1.29, 1.82) is 0 Å². The zero-order chi connectivity index (χ0) is 14.5. The summed E-state index contributed by atoms with van der Waals surface area (Å²) < 4.78 is 0.935. The average Bonchev–Trinajstić information content (AvgIpc) is 2.46. The minimum Gasteiger partial charge on any atom is -0.371 e. The summed E-state index contributed by atoms with van der Waals surface area (Å²) >= 11 is 3.56. The number of carbonyl (C=O) groups excluding carboxylic acids is 1. The minimum atomic E-state index is -0.390. The zero-order valence-corrected chi connectivity index (χ0v) is 13.4. The maximum Gasteiger partial charge on any atom is 0.248 e. The number of rotatable bonds is 5. The van der Waals surface area contributed by atoms with Crippen molar-refractivity contribution in [3.05, 3.63) is 28.2 Å². The van der Waals surface area contributed by atoms with Crippen LogP contribution < -0.4 is 16.0 Å². The molecular weight excluding hydrogens is 318 g/mol. The first-order chi connectivity index (χ1) is 9.61. The number of nitrogens with zero attached hydrogens (tertiary/aromatic N) is 1. The highest BCUT2D eigenvalue weighted by atomic mass is 79.9. The lowest BCUT2D eigenvalue weighted by molar-refractivity contribution is 0.100. The smallest absolute Gasteiger partial charge is 0.248 e. The van der Waals surface area contributed by atoms with Gasteiger partial charge in [0.2, 0.25) is 5.91 Å². The zero-order valence-electron chi connectivity index (χ0n) is 11.9. The van der Waals surface area contributed by atoms with Crippen molar-refractivity contribution in [3.63, 3.8) is 0 Å². The van der Waals surface area contributed by atoms with Crippen LogP contribution in [0.2, 0.25) is 0 Å². The number of primary amides is 1. The van der Waals surface area contributed by atoms with E-state index in [1.165, 1.54) is 12.8 Å². The molecule has 1 aromatic rings. The van der Waals surface area contributed by atoms with Crippen molar-refractivity contribution in [1.82, 2.24) is 5.32 Å². The van der Waals surface area contributed by atoms with Crippen LogP contribution >= 0.6 is 15.9 Å². The van der Waals surface area contributed by atoms with Gasteiger partial charge in [0.05, 0.1) is 5.69 Å². The number of piperidine rings is 1. The number of benzene rings is 1. The molecular formula is C15H22BrN3O. The first-order valence-electron chi connectivity index (χ1n) is 7.16. The molecule has 20 heavy (non-hydrogen) atoms. The van der Waals surface area contributed by atoms with Gasteiger partial charge >= 0.3 is 0 Å². The highest BCUT2D eigenvalue weighted by Crippen LogP contribution is 2.29. The van der Waals surface area contributed by atoms with E-state index in [9.17, 15) is 4.79 Å². The lowest BCUT2D eigenvalue weighted by Gasteiger charge is -2.31. The Morgan fingerprint density at radius 3 is 2.70 bits per heavy atom. The minimum absolute atomic E-state index is 0.390. The molecule has 0 saturated carbocycles. The van der Waals surface area contributed by atoms with Crippen LogP contribution in [-0.2, 0) is 0 Å². The van der Waals surface area contributed by atoms with Crippen molar-refractivity contribution in [2.24, 2.45) is 11.7 Å². The Bertz CT molecular complexity index is 472. The van der Waals surface area contributed by atoms with Crippen molar-refractivity contribution in [2.75, 3.05) is 31.1 Å². The molecule has 0 radical (unpaired) electrons. The number of amides is 1. The average molecular weight is 340 g/mol. The van der Waals surface area contributed by atoms with Crippen molar-refractivity contribution >= 4 is 27.5 Å². The van der Waals surface area contributed by atoms with Gasteiger partial charge in [0, 0.05) is 23.1 Å². The number of nitrogens with one attached hydrogen (secondary N) is 1. The molecule has 1 aromatic carbocycles. The molecule has 1 amide bonds. The molecule has 2 rings (SSSR count). The van der Waals surface area contributed by atoms with E-state index in [2.05, 4.69) is 33.1 Å². The van der Waals surface area contributed by atoms with Crippen LogP contribution in [0, 0.1) is 5.92 Å². The Hall–Kier alpha value is -1.07. The van der Waals surface area contributed by atoms with Crippen LogP contribution in [0.15, 0.2) is 22.7 Å². The molecule has 0 unspecified atom stereocenters. The Kier molecular flexibility index (Phi) is 5.43. The summed E-state index contributed by atoms with van der Waals surface area (Å²) in [5.74, 6) is 0.345. The van der Waals surface area contributed by atoms with Gasteiger partial charge in [-0.05, 0) is 72.9 Å². The van der Waals surface area contributed by atoms with Gasteiger partial charge < -0.3 is 16.0 Å². The molecule has 3 N–H and O–H groups in total. The van der Waals surface area contributed by atoms with E-state index in [1.807, 2.05) is 12.1 Å². The summed E-state index contributed by atoms with van der Waals surface area (Å²) in [7, 11) is 0. The van der Waals surface area contributed by atoms with Crippen LogP contribution in [0.1, 0.15) is 30.1 Å². The summed E-state index contributed by atoms with van der Waals surface area (Å²) in [4.78, 5) is 13.6. The molecule has 110 valence electrons. The molecule has 1 saturated heterocycles. The van der Waals surface area contributed by atoms with Crippen molar-refractivity contribution < 1.29 is 4.79 Å². The molecule has 1 aliphatic heterocycles. The lowest BCUT2D eigenvalue weighted by atomic mass is 9.97. The van der Waals surface area contributed by atoms with Crippen molar-refractivity contribution in [3.8, 4) is 0 Å². The van der Waals surface area contributed by atoms with Gasteiger partial charge in [0.1, 0.15) is 0 Å². The first kappa shape index (κ1) is 15.3. The van der Waals surface area contributed by atoms with E-state index in [1.54, 1.807) is 6.07 Å². The SMILES string of the molecule is CCN(CC1CCNCC1)c1ccc(C(N)=O)cc1Br. The van der Waals surface area contributed by atoms with Crippen LogP contribution in [0.5, 0.6) is 0 Å². The van der Waals surface area contributed by atoms with Gasteiger partial charge in [-0.25, -0.2) is 0 Å². The van der Waals surface area contributed by atoms with Gasteiger partial charge in [0.25, 0.3) is 0 Å². The summed E-state index contributed by atoms with van der Waals surface area (Å²) in [6, 6.07) is 5.59. The van der Waals surface area contributed by atoms with Crippen LogP contribution in [0.3, 0.4) is 0 Å². The molecule has 1 aliphatic rings. The van der Waals surface area contributed by atoms with Gasteiger partial charge in [-0.1, -0.05) is 0 Å². The molecule has 0 bridgehead atoms. The second kappa shape index (κ2) is 7.09. The Labute approximate surface area is 128 Å². The quantitative estimate of drug-likeness (QED) is 0.865. The highest BCUT2D eigenvalue weighted by molar-refractivity contribution is 9.10. The highest BCUT2D eigenvalue weighted by Gasteiger charge is 2.18. The van der Waals surface area contributed by atoms with E-state index >= 15 is 0 Å². The van der Waals surface area contributed by atoms with E-state index in [0.717, 1.165) is 42.3 Å². The number of hydrogen-bond acceptors (Lipinski definition) is 3. The predicted octanol–water partition coefficient (Wildman–Crippen LogP) is 2.37. The number of hydrogen-bond donors (Lipinski definition) is 2. The molecule has 0 atom stereocenters. The van der Waals surface area contributed by atoms with Gasteiger partial charge in [-0.2, -0.15) is 0 Å². The Balaban J connectivity index is 2.12. The standard InChI is InChI=1S/C15H22BrN3O/c1-2-19(10-11-5-7-18-8-6-11)14-4-3-12(15(17)20)9-13(14)16/h3-4,9,11,18H,2,5-8,10H2,1H3,(H2,17,20). The van der Waals surface area contributed by atoms with Crippen LogP contribution in [0.4, 0.5) is 5.69 Å². The number of carbonyl (C=O) groups is 1. The fraction of sp³-hybridized carbons (Fsp3) is 0.533. The lowest BCUT2D eigenvalue weighted by Crippen LogP contribution is -2.36. The second-order valence-corrected chi connectivity index (χ2v) is 6.12. The third kappa shape index (κ3) is 3.73. The maximum absolute atomic E-state index is 11.2. The third-order valence-electron chi connectivity index (χ3n) is 3.89. The molecule has 4 nitrogen and oxygen atoms in total. The molecule has 1 heterocycles. The summed E-state index contributed by atoms with van der Waals surface area (Å²) in [6.07, 6.45) is 2.46. The van der Waals surface area contributed by atoms with Gasteiger partial charge in [-0.3, -0.25) is 4.79 Å². The molecule has 1 fully saturated rings. The fourth-order valence-corrected chi connectivity index (χ4v) is 3.32. The largest absolute Gasteiger partial charge is 0.371 e. The normalized spacial score (nSPS) is 16.1. The fourth-order valence-electron chi connectivity index (χ4n) is 2.69. The van der Waals surface area contributed by atoms with Crippen molar-refractivity contribution in [2.45, 2.75) is 19.8 Å². The van der Waals surface area contributed by atoms with E-state index in [4.69, 9.17) is 5.73 Å². The number of nitrogens with two attached hydrogens (primary N) is 1. The van der Waals surface area contributed by atoms with Crippen LogP contribution in [-0.4, -0.2) is 32.1 Å². The van der Waals surface area contributed by atoms with Gasteiger partial charge in [0.15, 0.2) is 0 Å². The van der Waals surface area contributed by atoms with Gasteiger partial charge in [-0.15, -0.1) is 0 Å². The molecule has 0 aliphatic carbocycles. The molecule has 0 aromatic heterocycles.